The molecule has 0 saturated heterocycles. The maximum atomic E-state index is 6.34. The van der Waals surface area contributed by atoms with Gasteiger partial charge in [-0.3, -0.25) is 0 Å². The van der Waals surface area contributed by atoms with Crippen molar-refractivity contribution in [1.82, 2.24) is 0 Å². The molecule has 0 saturated carbocycles. The van der Waals surface area contributed by atoms with Gasteiger partial charge in [-0.1, -0.05) is 29.8 Å². The number of hydrogen-bond donors (Lipinski definition) is 1. The molecule has 2 aromatic carbocycles. The zero-order chi connectivity index (χ0) is 15.0. The van der Waals surface area contributed by atoms with E-state index in [4.69, 9.17) is 26.5 Å². The lowest BCUT2D eigenvalue weighted by molar-refractivity contribution is 0.414. The third-order valence-corrected chi connectivity index (χ3v) is 4.05. The van der Waals surface area contributed by atoms with Crippen molar-refractivity contribution in [1.29, 1.82) is 0 Å². The van der Waals surface area contributed by atoms with Gasteiger partial charge in [0.2, 0.25) is 0 Å². The fraction of sp³-hybridized carbons (Fsp3) is 0.176. The largest absolute Gasteiger partial charge is 0.497 e. The summed E-state index contributed by atoms with van der Waals surface area (Å²) in [7, 11) is 1.63. The predicted octanol–water partition coefficient (Wildman–Crippen LogP) is 4.45. The maximum Gasteiger partial charge on any atom is 0.138 e. The molecule has 4 heteroatoms. The topological polar surface area (TPSA) is 48.4 Å². The van der Waals surface area contributed by atoms with Crippen molar-refractivity contribution in [2.24, 2.45) is 5.73 Å². The van der Waals surface area contributed by atoms with E-state index in [1.165, 1.54) is 0 Å². The molecule has 108 valence electrons. The number of methoxy groups -OCH3 is 1. The number of benzene rings is 2. The lowest BCUT2D eigenvalue weighted by Crippen LogP contribution is -2.12. The minimum absolute atomic E-state index is 0.392. The van der Waals surface area contributed by atoms with Crippen LogP contribution in [0.5, 0.6) is 5.75 Å². The van der Waals surface area contributed by atoms with Gasteiger partial charge in [-0.2, -0.15) is 0 Å². The molecule has 0 amide bonds. The fourth-order valence-electron chi connectivity index (χ4n) is 2.52. The van der Waals surface area contributed by atoms with E-state index in [1.807, 2.05) is 49.4 Å². The van der Waals surface area contributed by atoms with Gasteiger partial charge in [-0.15, -0.1) is 0 Å². The highest BCUT2D eigenvalue weighted by Crippen LogP contribution is 2.35. The summed E-state index contributed by atoms with van der Waals surface area (Å²) in [4.78, 5) is 0. The van der Waals surface area contributed by atoms with Gasteiger partial charge in [-0.05, 0) is 30.7 Å². The quantitative estimate of drug-likeness (QED) is 0.777. The van der Waals surface area contributed by atoms with Gasteiger partial charge < -0.3 is 14.9 Å². The van der Waals surface area contributed by atoms with Crippen LogP contribution in [0.25, 0.3) is 11.0 Å². The van der Waals surface area contributed by atoms with Crippen LogP contribution in [0.3, 0.4) is 0 Å². The van der Waals surface area contributed by atoms with E-state index < -0.39 is 6.04 Å². The Kier molecular flexibility index (Phi) is 3.62. The van der Waals surface area contributed by atoms with Crippen molar-refractivity contribution in [3.63, 3.8) is 0 Å². The smallest absolute Gasteiger partial charge is 0.138 e. The minimum atomic E-state index is -0.392. The number of furan rings is 1. The maximum absolute atomic E-state index is 6.34. The van der Waals surface area contributed by atoms with Crippen LogP contribution in [0.1, 0.15) is 22.9 Å². The van der Waals surface area contributed by atoms with Crippen molar-refractivity contribution in [3.05, 3.63) is 64.4 Å². The van der Waals surface area contributed by atoms with E-state index in [0.717, 1.165) is 33.6 Å². The molecule has 0 spiro atoms. The third-order valence-electron chi connectivity index (χ3n) is 3.71. The molecule has 1 heterocycles. The molecule has 0 aliphatic rings. The van der Waals surface area contributed by atoms with Crippen LogP contribution >= 0.6 is 11.6 Å². The number of rotatable bonds is 3. The molecular formula is C17H16ClNO2. The Morgan fingerprint density at radius 2 is 1.95 bits per heavy atom. The van der Waals surface area contributed by atoms with E-state index in [0.29, 0.717) is 5.02 Å². The number of aryl methyl sites for hydroxylation is 1. The summed E-state index contributed by atoms with van der Waals surface area (Å²) in [6.45, 7) is 2.00. The molecule has 0 fully saturated rings. The van der Waals surface area contributed by atoms with Gasteiger partial charge in [0.25, 0.3) is 0 Å². The molecule has 2 N–H and O–H groups in total. The number of hydrogen-bond acceptors (Lipinski definition) is 3. The van der Waals surface area contributed by atoms with Crippen molar-refractivity contribution < 1.29 is 9.15 Å². The summed E-state index contributed by atoms with van der Waals surface area (Å²) in [6, 6.07) is 12.9. The van der Waals surface area contributed by atoms with Crippen LogP contribution in [-0.4, -0.2) is 7.11 Å². The fourth-order valence-corrected chi connectivity index (χ4v) is 2.77. The molecule has 0 aliphatic carbocycles. The molecule has 1 aromatic heterocycles. The summed E-state index contributed by atoms with van der Waals surface area (Å²) in [5, 5.41) is 1.68. The molecule has 3 aromatic rings. The number of nitrogens with two attached hydrogens (primary N) is 1. The van der Waals surface area contributed by atoms with E-state index in [1.54, 1.807) is 7.11 Å². The van der Waals surface area contributed by atoms with Gasteiger partial charge in [0.1, 0.15) is 17.1 Å². The first-order valence-corrected chi connectivity index (χ1v) is 7.06. The van der Waals surface area contributed by atoms with E-state index in [-0.39, 0.29) is 0 Å². The summed E-state index contributed by atoms with van der Waals surface area (Å²) in [5.74, 6) is 1.49. The van der Waals surface area contributed by atoms with Gasteiger partial charge in [-0.25, -0.2) is 0 Å². The second-order valence-electron chi connectivity index (χ2n) is 4.95. The Morgan fingerprint density at radius 1 is 1.19 bits per heavy atom. The van der Waals surface area contributed by atoms with Crippen LogP contribution in [-0.2, 0) is 0 Å². The zero-order valence-corrected chi connectivity index (χ0v) is 12.6. The first-order chi connectivity index (χ1) is 10.1. The van der Waals surface area contributed by atoms with Crippen molar-refractivity contribution in [2.45, 2.75) is 13.0 Å². The molecule has 1 atom stereocenters. The Labute approximate surface area is 128 Å². The highest BCUT2D eigenvalue weighted by Gasteiger charge is 2.20. The Morgan fingerprint density at radius 3 is 2.67 bits per heavy atom. The van der Waals surface area contributed by atoms with Crippen molar-refractivity contribution >= 4 is 22.6 Å². The first kappa shape index (κ1) is 14.0. The molecule has 21 heavy (non-hydrogen) atoms. The second kappa shape index (κ2) is 5.43. The molecular weight excluding hydrogens is 286 g/mol. The Hall–Kier alpha value is -1.97. The lowest BCUT2D eigenvalue weighted by Gasteiger charge is -2.12. The predicted molar refractivity (Wildman–Crippen MR) is 85.0 cm³/mol. The van der Waals surface area contributed by atoms with Crippen LogP contribution < -0.4 is 10.5 Å². The zero-order valence-electron chi connectivity index (χ0n) is 11.9. The van der Waals surface area contributed by atoms with Gasteiger partial charge >= 0.3 is 0 Å². The van der Waals surface area contributed by atoms with Crippen LogP contribution in [0, 0.1) is 6.92 Å². The number of ether oxygens (including phenoxy) is 1. The normalized spacial score (nSPS) is 12.6. The standard InChI is InChI=1S/C17H16ClNO2/c1-10-12-8-7-11(20-2)9-15(12)21-17(10)16(19)13-5-3-4-6-14(13)18/h3-9,16H,19H2,1-2H3. The average molecular weight is 302 g/mol. The summed E-state index contributed by atoms with van der Waals surface area (Å²) >= 11 is 6.23. The number of fused-ring (bicyclic) bond motifs is 1. The van der Waals surface area contributed by atoms with E-state index in [2.05, 4.69) is 0 Å². The second-order valence-corrected chi connectivity index (χ2v) is 5.36. The van der Waals surface area contributed by atoms with Gasteiger partial charge in [0, 0.05) is 22.0 Å². The minimum Gasteiger partial charge on any atom is -0.497 e. The molecule has 3 rings (SSSR count). The van der Waals surface area contributed by atoms with Crippen LogP contribution in [0.15, 0.2) is 46.9 Å². The average Bonchev–Trinajstić information content (AvgIpc) is 2.83. The lowest BCUT2D eigenvalue weighted by atomic mass is 10.0. The van der Waals surface area contributed by atoms with Crippen molar-refractivity contribution in [2.75, 3.05) is 7.11 Å². The van der Waals surface area contributed by atoms with Gasteiger partial charge in [0.05, 0.1) is 13.2 Å². The molecule has 0 aliphatic heterocycles. The molecule has 0 radical (unpaired) electrons. The van der Waals surface area contributed by atoms with Gasteiger partial charge in [0.15, 0.2) is 0 Å². The van der Waals surface area contributed by atoms with E-state index >= 15 is 0 Å². The highest BCUT2D eigenvalue weighted by atomic mass is 35.5. The summed E-state index contributed by atoms with van der Waals surface area (Å²) in [6.07, 6.45) is 0. The highest BCUT2D eigenvalue weighted by molar-refractivity contribution is 6.31. The summed E-state index contributed by atoms with van der Waals surface area (Å²) < 4.78 is 11.2. The Balaban J connectivity index is 2.12. The SMILES string of the molecule is COc1ccc2c(C)c(C(N)c3ccccc3Cl)oc2c1. The third kappa shape index (κ3) is 2.39. The monoisotopic (exact) mass is 301 g/mol. The molecule has 1 unspecified atom stereocenters. The Bertz CT molecular complexity index is 795. The molecule has 3 nitrogen and oxygen atoms in total. The van der Waals surface area contributed by atoms with Crippen LogP contribution in [0.2, 0.25) is 5.02 Å². The van der Waals surface area contributed by atoms with Crippen molar-refractivity contribution in [3.8, 4) is 5.75 Å². The first-order valence-electron chi connectivity index (χ1n) is 6.69. The van der Waals surface area contributed by atoms with E-state index in [9.17, 15) is 0 Å². The molecule has 0 bridgehead atoms. The van der Waals surface area contributed by atoms with Crippen LogP contribution in [0.4, 0.5) is 0 Å². The summed E-state index contributed by atoms with van der Waals surface area (Å²) in [5.41, 5.74) is 8.99. The number of halogens is 1.